The van der Waals surface area contributed by atoms with E-state index in [2.05, 4.69) is 5.32 Å². The first-order valence-electron chi connectivity index (χ1n) is 12.9. The Balaban J connectivity index is 1.84. The molecule has 0 aliphatic carbocycles. The number of benzene rings is 3. The maximum absolute atomic E-state index is 13.7. The Bertz CT molecular complexity index is 1400. The number of likely N-dealkylation sites (N-methyl/N-ethyl adjacent to an activating group) is 1. The molecule has 2 amide bonds. The molecule has 0 bridgehead atoms. The molecule has 0 saturated heterocycles. The molecule has 1 N–H and O–H groups in total. The van der Waals surface area contributed by atoms with Crippen LogP contribution in [-0.2, 0) is 32.6 Å². The normalized spacial score (nSPS) is 11.9. The molecule has 0 spiro atoms. The van der Waals surface area contributed by atoms with E-state index in [1.165, 1.54) is 17.5 Å². The zero-order chi connectivity index (χ0) is 29.3. The summed E-state index contributed by atoms with van der Waals surface area (Å²) in [5.74, 6) is -0.0827. The monoisotopic (exact) mass is 585 g/mol. The summed E-state index contributed by atoms with van der Waals surface area (Å²) < 4.78 is 31.6. The molecule has 3 rings (SSSR count). The predicted octanol–water partition coefficient (Wildman–Crippen LogP) is 4.59. The van der Waals surface area contributed by atoms with Gasteiger partial charge in [-0.1, -0.05) is 71.8 Å². The summed E-state index contributed by atoms with van der Waals surface area (Å²) in [5.41, 5.74) is 3.29. The van der Waals surface area contributed by atoms with E-state index in [1.54, 1.807) is 24.1 Å². The van der Waals surface area contributed by atoms with Gasteiger partial charge in [-0.25, -0.2) is 8.42 Å². The maximum atomic E-state index is 13.7. The smallest absolute Gasteiger partial charge is 0.242 e. The molecule has 0 saturated carbocycles. The van der Waals surface area contributed by atoms with Crippen LogP contribution in [0.5, 0.6) is 5.75 Å². The molecular weight excluding hydrogens is 550 g/mol. The van der Waals surface area contributed by atoms with Gasteiger partial charge in [0.15, 0.2) is 0 Å². The van der Waals surface area contributed by atoms with Gasteiger partial charge in [-0.05, 0) is 42.7 Å². The molecule has 0 aromatic heterocycles. The molecule has 10 heteroatoms. The van der Waals surface area contributed by atoms with E-state index >= 15 is 0 Å². The van der Waals surface area contributed by atoms with Crippen molar-refractivity contribution >= 4 is 39.1 Å². The van der Waals surface area contributed by atoms with Crippen LogP contribution in [0.15, 0.2) is 72.8 Å². The number of aryl methyl sites for hydroxylation is 1. The van der Waals surface area contributed by atoms with Gasteiger partial charge in [0.05, 0.1) is 24.1 Å². The van der Waals surface area contributed by atoms with E-state index in [1.807, 2.05) is 61.5 Å². The van der Waals surface area contributed by atoms with Gasteiger partial charge in [0.25, 0.3) is 0 Å². The Kier molecular flexibility index (Phi) is 11.0. The molecule has 3 aromatic carbocycles. The van der Waals surface area contributed by atoms with E-state index in [0.717, 1.165) is 22.9 Å². The van der Waals surface area contributed by atoms with Crippen LogP contribution in [0.25, 0.3) is 0 Å². The second-order valence-corrected chi connectivity index (χ2v) is 11.9. The molecule has 3 aromatic rings. The maximum Gasteiger partial charge on any atom is 0.242 e. The molecule has 40 heavy (non-hydrogen) atoms. The van der Waals surface area contributed by atoms with Crippen LogP contribution in [-0.4, -0.2) is 58.1 Å². The van der Waals surface area contributed by atoms with Crippen molar-refractivity contribution in [3.05, 3.63) is 94.5 Å². The number of halogens is 1. The van der Waals surface area contributed by atoms with Gasteiger partial charge in [0.2, 0.25) is 21.8 Å². The first-order chi connectivity index (χ1) is 19.0. The molecule has 214 valence electrons. The quantitative estimate of drug-likeness (QED) is 0.317. The van der Waals surface area contributed by atoms with Crippen molar-refractivity contribution in [2.75, 3.05) is 31.3 Å². The number of carbonyl (C=O) groups is 2. The molecule has 0 aliphatic heterocycles. The average Bonchev–Trinajstić information content (AvgIpc) is 2.93. The average molecular weight is 586 g/mol. The highest BCUT2D eigenvalue weighted by atomic mass is 35.5. The number of methoxy groups -OCH3 is 1. The molecule has 0 radical (unpaired) electrons. The minimum Gasteiger partial charge on any atom is -0.495 e. The molecule has 1 unspecified atom stereocenters. The fraction of sp³-hybridized carbons (Fsp3) is 0.333. The molecule has 8 nitrogen and oxygen atoms in total. The number of nitrogens with zero attached hydrogens (tertiary/aromatic N) is 2. The number of anilines is 1. The third-order valence-corrected chi connectivity index (χ3v) is 8.06. The van der Waals surface area contributed by atoms with Crippen LogP contribution in [0.2, 0.25) is 5.02 Å². The Morgan fingerprint density at radius 1 is 1.00 bits per heavy atom. The Morgan fingerprint density at radius 3 is 2.25 bits per heavy atom. The summed E-state index contributed by atoms with van der Waals surface area (Å²) in [5, 5.41) is 2.98. The molecular formula is C30H36ClN3O5S. The SMILES string of the molecule is CNC(=O)C(Cc1ccccc1)N(Cc1ccc(C)cc1)C(=O)CCCN(c1ccc(OC)c(Cl)c1)S(C)(=O)=O. The summed E-state index contributed by atoms with van der Waals surface area (Å²) in [7, 11) is -0.621. The number of ether oxygens (including phenoxy) is 1. The standard InChI is InChI=1S/C30H36ClN3O5S/c1-22-12-14-24(15-13-22)21-33(27(30(36)32-2)19-23-9-6-5-7-10-23)29(35)11-8-18-34(40(4,37)38)25-16-17-28(39-3)26(31)20-25/h5-7,9-10,12-17,20,27H,8,11,18-19,21H2,1-4H3,(H,32,36). The Morgan fingerprint density at radius 2 is 1.68 bits per heavy atom. The zero-order valence-corrected chi connectivity index (χ0v) is 24.8. The summed E-state index contributed by atoms with van der Waals surface area (Å²) in [6.45, 7) is 2.29. The van der Waals surface area contributed by atoms with Gasteiger partial charge in [-0.15, -0.1) is 0 Å². The second kappa shape index (κ2) is 14.2. The predicted molar refractivity (Wildman–Crippen MR) is 159 cm³/mol. The number of nitrogens with one attached hydrogen (secondary N) is 1. The van der Waals surface area contributed by atoms with Gasteiger partial charge in [0, 0.05) is 33.0 Å². The fourth-order valence-electron chi connectivity index (χ4n) is 4.43. The first kappa shape index (κ1) is 31.0. The van der Waals surface area contributed by atoms with Crippen LogP contribution in [0.1, 0.15) is 29.5 Å². The van der Waals surface area contributed by atoms with Gasteiger partial charge in [-0.3, -0.25) is 13.9 Å². The van der Waals surface area contributed by atoms with Crippen LogP contribution in [0.4, 0.5) is 5.69 Å². The van der Waals surface area contributed by atoms with E-state index in [4.69, 9.17) is 16.3 Å². The molecule has 0 fully saturated rings. The summed E-state index contributed by atoms with van der Waals surface area (Å²) in [4.78, 5) is 28.4. The van der Waals surface area contributed by atoms with E-state index in [0.29, 0.717) is 17.9 Å². The van der Waals surface area contributed by atoms with Crippen molar-refractivity contribution in [2.24, 2.45) is 0 Å². The van der Waals surface area contributed by atoms with Crippen LogP contribution >= 0.6 is 11.6 Å². The lowest BCUT2D eigenvalue weighted by atomic mass is 10.0. The summed E-state index contributed by atoms with van der Waals surface area (Å²) >= 11 is 6.24. The number of rotatable bonds is 13. The highest BCUT2D eigenvalue weighted by Crippen LogP contribution is 2.30. The Labute approximate surface area is 241 Å². The molecule has 0 aliphatic rings. The minimum absolute atomic E-state index is 0.0457. The van der Waals surface area contributed by atoms with Crippen molar-refractivity contribution in [1.82, 2.24) is 10.2 Å². The van der Waals surface area contributed by atoms with Gasteiger partial charge < -0.3 is 15.0 Å². The van der Waals surface area contributed by atoms with Gasteiger partial charge >= 0.3 is 0 Å². The first-order valence-corrected chi connectivity index (χ1v) is 15.2. The fourth-order valence-corrected chi connectivity index (χ4v) is 5.63. The van der Waals surface area contributed by atoms with Crippen molar-refractivity contribution < 1.29 is 22.7 Å². The molecule has 1 atom stereocenters. The highest BCUT2D eigenvalue weighted by molar-refractivity contribution is 7.92. The van der Waals surface area contributed by atoms with E-state index in [9.17, 15) is 18.0 Å². The van der Waals surface area contributed by atoms with Crippen molar-refractivity contribution in [1.29, 1.82) is 0 Å². The highest BCUT2D eigenvalue weighted by Gasteiger charge is 2.30. The second-order valence-electron chi connectivity index (χ2n) is 9.58. The lowest BCUT2D eigenvalue weighted by molar-refractivity contribution is -0.141. The number of hydrogen-bond donors (Lipinski definition) is 1. The van der Waals surface area contributed by atoms with Gasteiger partial charge in [0.1, 0.15) is 11.8 Å². The number of carbonyl (C=O) groups excluding carboxylic acids is 2. The van der Waals surface area contributed by atoms with E-state index < -0.39 is 16.1 Å². The Hall–Kier alpha value is -3.56. The summed E-state index contributed by atoms with van der Waals surface area (Å²) in [6, 6.07) is 21.3. The van der Waals surface area contributed by atoms with Crippen LogP contribution < -0.4 is 14.4 Å². The van der Waals surface area contributed by atoms with Crippen molar-refractivity contribution in [3.63, 3.8) is 0 Å². The molecule has 0 heterocycles. The van der Waals surface area contributed by atoms with Crippen molar-refractivity contribution in [3.8, 4) is 5.75 Å². The summed E-state index contributed by atoms with van der Waals surface area (Å²) in [6.07, 6.45) is 1.74. The van der Waals surface area contributed by atoms with E-state index in [-0.39, 0.29) is 42.8 Å². The number of hydrogen-bond acceptors (Lipinski definition) is 5. The van der Waals surface area contributed by atoms with Gasteiger partial charge in [-0.2, -0.15) is 0 Å². The number of sulfonamides is 1. The zero-order valence-electron chi connectivity index (χ0n) is 23.3. The van der Waals surface area contributed by atoms with Crippen LogP contribution in [0.3, 0.4) is 0 Å². The number of amides is 2. The third-order valence-electron chi connectivity index (χ3n) is 6.57. The van der Waals surface area contributed by atoms with Crippen molar-refractivity contribution in [2.45, 2.75) is 38.8 Å². The lowest BCUT2D eigenvalue weighted by Gasteiger charge is -2.31. The minimum atomic E-state index is -3.65. The lowest BCUT2D eigenvalue weighted by Crippen LogP contribution is -2.49. The largest absolute Gasteiger partial charge is 0.495 e. The van der Waals surface area contributed by atoms with Crippen LogP contribution in [0, 0.1) is 6.92 Å². The third kappa shape index (κ3) is 8.47. The topological polar surface area (TPSA) is 96.0 Å².